The first-order valence-corrected chi connectivity index (χ1v) is 7.45. The van der Waals surface area contributed by atoms with Crippen LogP contribution in [0, 0.1) is 0 Å². The Labute approximate surface area is 107 Å². The smallest absolute Gasteiger partial charge is 0.107 e. The number of hydrogen-bond donors (Lipinski definition) is 1. The van der Waals surface area contributed by atoms with Crippen molar-refractivity contribution in [2.24, 2.45) is 0 Å². The molecule has 96 valence electrons. The largest absolute Gasteiger partial charge is 0.391 e. The first-order valence-electron chi connectivity index (χ1n) is 6.64. The number of likely N-dealkylation sites (tertiary alicyclic amines) is 1. The van der Waals surface area contributed by atoms with Crippen LogP contribution in [0.5, 0.6) is 0 Å². The van der Waals surface area contributed by atoms with E-state index in [9.17, 15) is 5.11 Å². The van der Waals surface area contributed by atoms with Crippen molar-refractivity contribution in [1.29, 1.82) is 0 Å². The summed E-state index contributed by atoms with van der Waals surface area (Å²) < 4.78 is 0. The number of hydrogen-bond acceptors (Lipinski definition) is 4. The Morgan fingerprint density at radius 3 is 2.47 bits per heavy atom. The van der Waals surface area contributed by atoms with Gasteiger partial charge < -0.3 is 5.11 Å². The number of nitrogens with zero attached hydrogens (tertiary/aromatic N) is 2. The van der Waals surface area contributed by atoms with E-state index in [0.717, 1.165) is 23.5 Å². The van der Waals surface area contributed by atoms with Crippen LogP contribution in [-0.4, -0.2) is 28.1 Å². The lowest BCUT2D eigenvalue weighted by molar-refractivity contribution is 0.276. The van der Waals surface area contributed by atoms with Gasteiger partial charge in [0.25, 0.3) is 0 Å². The molecule has 0 atom stereocenters. The predicted molar refractivity (Wildman–Crippen MR) is 71.2 cm³/mol. The lowest BCUT2D eigenvalue weighted by Crippen LogP contribution is -2.23. The molecule has 2 heterocycles. The highest BCUT2D eigenvalue weighted by Crippen LogP contribution is 2.21. The van der Waals surface area contributed by atoms with Crippen LogP contribution in [0.1, 0.15) is 48.2 Å². The maximum Gasteiger partial charge on any atom is 0.107 e. The topological polar surface area (TPSA) is 36.4 Å². The Kier molecular flexibility index (Phi) is 4.95. The molecule has 0 amide bonds. The van der Waals surface area contributed by atoms with Gasteiger partial charge in [0.1, 0.15) is 5.01 Å². The third-order valence-corrected chi connectivity index (χ3v) is 4.43. The van der Waals surface area contributed by atoms with Crippen LogP contribution in [0.4, 0.5) is 0 Å². The molecule has 1 aliphatic heterocycles. The number of aliphatic hydroxyl groups is 1. The summed E-state index contributed by atoms with van der Waals surface area (Å²) in [7, 11) is 0. The standard InChI is InChI=1S/C13H22N2OS/c1-2-11-12(10-16)17-13(14-11)9-15-7-5-3-4-6-8-15/h16H,2-10H2,1H3. The van der Waals surface area contributed by atoms with E-state index in [1.165, 1.54) is 43.8 Å². The van der Waals surface area contributed by atoms with Crippen molar-refractivity contribution in [2.45, 2.75) is 52.2 Å². The number of aromatic nitrogens is 1. The minimum absolute atomic E-state index is 0.140. The summed E-state index contributed by atoms with van der Waals surface area (Å²) in [6.45, 7) is 5.62. The Balaban J connectivity index is 1.99. The fourth-order valence-corrected chi connectivity index (χ4v) is 3.45. The Morgan fingerprint density at radius 1 is 1.24 bits per heavy atom. The van der Waals surface area contributed by atoms with Crippen molar-refractivity contribution < 1.29 is 5.11 Å². The second kappa shape index (κ2) is 6.47. The van der Waals surface area contributed by atoms with Gasteiger partial charge in [0.05, 0.1) is 23.7 Å². The summed E-state index contributed by atoms with van der Waals surface area (Å²) in [5, 5.41) is 10.4. The van der Waals surface area contributed by atoms with E-state index in [1.54, 1.807) is 11.3 Å². The first kappa shape index (κ1) is 13.0. The summed E-state index contributed by atoms with van der Waals surface area (Å²) in [6.07, 6.45) is 6.30. The molecule has 3 nitrogen and oxygen atoms in total. The van der Waals surface area contributed by atoms with Crippen molar-refractivity contribution in [3.05, 3.63) is 15.6 Å². The van der Waals surface area contributed by atoms with Crippen molar-refractivity contribution >= 4 is 11.3 Å². The lowest BCUT2D eigenvalue weighted by atomic mass is 10.2. The van der Waals surface area contributed by atoms with Crippen LogP contribution in [0.15, 0.2) is 0 Å². The van der Waals surface area contributed by atoms with Gasteiger partial charge in [-0.15, -0.1) is 11.3 Å². The predicted octanol–water partition coefficient (Wildman–Crippen LogP) is 2.57. The Bertz CT molecular complexity index is 322. The molecule has 17 heavy (non-hydrogen) atoms. The van der Waals surface area contributed by atoms with E-state index in [2.05, 4.69) is 16.8 Å². The second-order valence-electron chi connectivity index (χ2n) is 4.68. The maximum atomic E-state index is 9.27. The van der Waals surface area contributed by atoms with Gasteiger partial charge in [0, 0.05) is 0 Å². The molecule has 0 spiro atoms. The van der Waals surface area contributed by atoms with E-state index < -0.39 is 0 Å². The summed E-state index contributed by atoms with van der Waals surface area (Å²) in [6, 6.07) is 0. The number of aryl methyl sites for hydroxylation is 1. The Morgan fingerprint density at radius 2 is 1.94 bits per heavy atom. The Hall–Kier alpha value is -0.450. The van der Waals surface area contributed by atoms with Gasteiger partial charge in [0.2, 0.25) is 0 Å². The molecule has 0 saturated carbocycles. The molecule has 1 saturated heterocycles. The molecule has 1 aliphatic rings. The summed E-state index contributed by atoms with van der Waals surface area (Å²) in [5.74, 6) is 0. The number of rotatable bonds is 4. The van der Waals surface area contributed by atoms with Crippen molar-refractivity contribution in [2.75, 3.05) is 13.1 Å². The minimum Gasteiger partial charge on any atom is -0.391 e. The van der Waals surface area contributed by atoms with E-state index in [0.29, 0.717) is 0 Å². The molecular formula is C13H22N2OS. The van der Waals surface area contributed by atoms with Gasteiger partial charge in [-0.05, 0) is 32.4 Å². The highest BCUT2D eigenvalue weighted by molar-refractivity contribution is 7.11. The van der Waals surface area contributed by atoms with Crippen molar-refractivity contribution in [3.63, 3.8) is 0 Å². The number of aliphatic hydroxyl groups excluding tert-OH is 1. The van der Waals surface area contributed by atoms with Crippen LogP contribution in [0.25, 0.3) is 0 Å². The van der Waals surface area contributed by atoms with Crippen LogP contribution in [0.2, 0.25) is 0 Å². The average Bonchev–Trinajstić information content (AvgIpc) is 2.56. The van der Waals surface area contributed by atoms with Crippen LogP contribution in [-0.2, 0) is 19.6 Å². The van der Waals surface area contributed by atoms with E-state index >= 15 is 0 Å². The molecule has 1 fully saturated rings. The molecular weight excluding hydrogens is 232 g/mol. The summed E-state index contributed by atoms with van der Waals surface area (Å²) in [4.78, 5) is 8.20. The molecule has 0 bridgehead atoms. The normalized spacial score (nSPS) is 18.2. The molecule has 0 radical (unpaired) electrons. The van der Waals surface area contributed by atoms with Gasteiger partial charge >= 0.3 is 0 Å². The fourth-order valence-electron chi connectivity index (χ4n) is 2.39. The average molecular weight is 254 g/mol. The molecule has 1 aromatic rings. The molecule has 2 rings (SSSR count). The third-order valence-electron chi connectivity index (χ3n) is 3.36. The van der Waals surface area contributed by atoms with E-state index in [-0.39, 0.29) is 6.61 Å². The van der Waals surface area contributed by atoms with Crippen LogP contribution >= 0.6 is 11.3 Å². The maximum absolute atomic E-state index is 9.27. The molecule has 0 aromatic carbocycles. The van der Waals surface area contributed by atoms with E-state index in [1.807, 2.05) is 0 Å². The highest BCUT2D eigenvalue weighted by atomic mass is 32.1. The molecule has 1 aromatic heterocycles. The monoisotopic (exact) mass is 254 g/mol. The van der Waals surface area contributed by atoms with Crippen LogP contribution in [0.3, 0.4) is 0 Å². The van der Waals surface area contributed by atoms with Gasteiger partial charge in [-0.2, -0.15) is 0 Å². The van der Waals surface area contributed by atoms with Gasteiger partial charge in [0.15, 0.2) is 0 Å². The number of thiazole rings is 1. The van der Waals surface area contributed by atoms with Crippen molar-refractivity contribution in [1.82, 2.24) is 9.88 Å². The zero-order valence-electron chi connectivity index (χ0n) is 10.6. The quantitative estimate of drug-likeness (QED) is 0.897. The molecule has 4 heteroatoms. The highest BCUT2D eigenvalue weighted by Gasteiger charge is 2.14. The third kappa shape index (κ3) is 3.50. The SMILES string of the molecule is CCc1nc(CN2CCCCCC2)sc1CO. The van der Waals surface area contributed by atoms with E-state index in [4.69, 9.17) is 0 Å². The second-order valence-corrected chi connectivity index (χ2v) is 5.85. The minimum atomic E-state index is 0.140. The lowest BCUT2D eigenvalue weighted by Gasteiger charge is -2.17. The van der Waals surface area contributed by atoms with Gasteiger partial charge in [-0.1, -0.05) is 19.8 Å². The molecule has 1 N–H and O–H groups in total. The van der Waals surface area contributed by atoms with Gasteiger partial charge in [-0.25, -0.2) is 4.98 Å². The molecule has 0 aliphatic carbocycles. The first-order chi connectivity index (χ1) is 8.33. The zero-order valence-corrected chi connectivity index (χ0v) is 11.4. The van der Waals surface area contributed by atoms with Crippen molar-refractivity contribution in [3.8, 4) is 0 Å². The fraction of sp³-hybridized carbons (Fsp3) is 0.769. The molecule has 0 unspecified atom stereocenters. The van der Waals surface area contributed by atoms with Gasteiger partial charge in [-0.3, -0.25) is 4.90 Å². The summed E-state index contributed by atoms with van der Waals surface area (Å²) in [5.41, 5.74) is 1.09. The van der Waals surface area contributed by atoms with Crippen LogP contribution < -0.4 is 0 Å². The zero-order chi connectivity index (χ0) is 12.1. The summed E-state index contributed by atoms with van der Waals surface area (Å²) >= 11 is 1.68.